The number of nitrogens with zero attached hydrogens (tertiary/aromatic N) is 2. The molecule has 0 saturated carbocycles. The number of rotatable bonds is 4. The van der Waals surface area contributed by atoms with Crippen molar-refractivity contribution in [1.82, 2.24) is 9.97 Å². The van der Waals surface area contributed by atoms with E-state index in [0.29, 0.717) is 10.9 Å². The summed E-state index contributed by atoms with van der Waals surface area (Å²) in [6.07, 6.45) is 1.30. The van der Waals surface area contributed by atoms with Gasteiger partial charge in [0.05, 0.1) is 23.1 Å². The van der Waals surface area contributed by atoms with Crippen LogP contribution in [0.25, 0.3) is 10.9 Å². The molecule has 0 unspecified atom stereocenters. The molecule has 0 aliphatic carbocycles. The monoisotopic (exact) mass is 423 g/mol. The lowest BCUT2D eigenvalue weighted by atomic mass is 10.2. The van der Waals surface area contributed by atoms with Gasteiger partial charge < -0.3 is 10.1 Å². The summed E-state index contributed by atoms with van der Waals surface area (Å²) in [4.78, 5) is 8.34. The van der Waals surface area contributed by atoms with Gasteiger partial charge in [0.25, 0.3) is 0 Å². The van der Waals surface area contributed by atoms with Gasteiger partial charge in [0.15, 0.2) is 9.84 Å². The Kier molecular flexibility index (Phi) is 5.20. The first-order chi connectivity index (χ1) is 13.0. The number of hydrogen-bond acceptors (Lipinski definition) is 6. The topological polar surface area (TPSA) is 81.2 Å². The third-order valence-corrected chi connectivity index (χ3v) is 6.95. The predicted octanol–water partition coefficient (Wildman–Crippen LogP) is 4.75. The predicted molar refractivity (Wildman–Crippen MR) is 108 cm³/mol. The molecule has 0 aliphatic rings. The number of methoxy groups -OCH3 is 1. The van der Waals surface area contributed by atoms with Crippen molar-refractivity contribution >= 4 is 43.8 Å². The zero-order valence-corrected chi connectivity index (χ0v) is 17.3. The molecular formula is C19H19ClFN3O3S. The molecule has 0 saturated heterocycles. The Hall–Kier alpha value is -2.45. The molecule has 0 fully saturated rings. The van der Waals surface area contributed by atoms with Gasteiger partial charge in [-0.2, -0.15) is 0 Å². The zero-order valence-electron chi connectivity index (χ0n) is 15.7. The van der Waals surface area contributed by atoms with Crippen LogP contribution in [0.15, 0.2) is 41.6 Å². The maximum Gasteiger partial charge on any atom is 0.186 e. The number of ether oxygens (including phenoxy) is 1. The van der Waals surface area contributed by atoms with Gasteiger partial charge in [-0.25, -0.2) is 22.8 Å². The van der Waals surface area contributed by atoms with Gasteiger partial charge >= 0.3 is 0 Å². The highest BCUT2D eigenvalue weighted by molar-refractivity contribution is 7.92. The van der Waals surface area contributed by atoms with E-state index in [1.54, 1.807) is 20.8 Å². The smallest absolute Gasteiger partial charge is 0.186 e. The first kappa shape index (κ1) is 20.3. The van der Waals surface area contributed by atoms with Crippen molar-refractivity contribution in [2.24, 2.45) is 0 Å². The van der Waals surface area contributed by atoms with Crippen molar-refractivity contribution in [3.8, 4) is 5.75 Å². The lowest BCUT2D eigenvalue weighted by Gasteiger charge is -2.21. The van der Waals surface area contributed by atoms with Crippen LogP contribution in [0.4, 0.5) is 15.9 Å². The van der Waals surface area contributed by atoms with Crippen LogP contribution in [-0.4, -0.2) is 30.2 Å². The molecule has 9 heteroatoms. The lowest BCUT2D eigenvalue weighted by molar-refractivity contribution is 0.402. The molecule has 0 spiro atoms. The van der Waals surface area contributed by atoms with E-state index in [2.05, 4.69) is 15.3 Å². The van der Waals surface area contributed by atoms with Crippen LogP contribution in [0.3, 0.4) is 0 Å². The van der Waals surface area contributed by atoms with E-state index in [-0.39, 0.29) is 27.2 Å². The SMILES string of the molecule is COc1cc2ncnc(Nc3ccc(Cl)cc3F)c2cc1S(=O)(=O)C(C)(C)C. The van der Waals surface area contributed by atoms with Crippen molar-refractivity contribution in [3.63, 3.8) is 0 Å². The number of anilines is 2. The molecule has 0 atom stereocenters. The molecule has 0 radical (unpaired) electrons. The molecule has 3 aromatic rings. The molecule has 1 aromatic heterocycles. The Labute approximate surface area is 167 Å². The molecule has 28 heavy (non-hydrogen) atoms. The van der Waals surface area contributed by atoms with Crippen LogP contribution in [0, 0.1) is 5.82 Å². The number of sulfone groups is 1. The van der Waals surface area contributed by atoms with Crippen molar-refractivity contribution in [2.75, 3.05) is 12.4 Å². The summed E-state index contributed by atoms with van der Waals surface area (Å²) in [6.45, 7) is 4.82. The molecule has 6 nitrogen and oxygen atoms in total. The molecule has 1 N–H and O–H groups in total. The highest BCUT2D eigenvalue weighted by Crippen LogP contribution is 2.37. The summed E-state index contributed by atoms with van der Waals surface area (Å²) in [7, 11) is -2.32. The van der Waals surface area contributed by atoms with Crippen molar-refractivity contribution < 1.29 is 17.5 Å². The van der Waals surface area contributed by atoms with Gasteiger partial charge in [0.2, 0.25) is 0 Å². The summed E-state index contributed by atoms with van der Waals surface area (Å²) >= 11 is 5.79. The van der Waals surface area contributed by atoms with Gasteiger partial charge in [-0.05, 0) is 45.0 Å². The minimum absolute atomic E-state index is 0.0180. The molecule has 3 rings (SSSR count). The Bertz CT molecular complexity index is 1160. The second kappa shape index (κ2) is 7.18. The van der Waals surface area contributed by atoms with Crippen LogP contribution in [0.1, 0.15) is 20.8 Å². The quantitative estimate of drug-likeness (QED) is 0.652. The van der Waals surface area contributed by atoms with E-state index < -0.39 is 20.4 Å². The van der Waals surface area contributed by atoms with Crippen LogP contribution < -0.4 is 10.1 Å². The summed E-state index contributed by atoms with van der Waals surface area (Å²) in [5, 5.41) is 3.56. The number of aromatic nitrogens is 2. The molecule has 1 heterocycles. The minimum Gasteiger partial charge on any atom is -0.495 e. The maximum atomic E-state index is 14.2. The molecule has 0 aliphatic heterocycles. The summed E-state index contributed by atoms with van der Waals surface area (Å²) in [6, 6.07) is 7.16. The number of nitrogens with one attached hydrogen (secondary N) is 1. The van der Waals surface area contributed by atoms with Gasteiger partial charge in [-0.1, -0.05) is 11.6 Å². The second-order valence-electron chi connectivity index (χ2n) is 7.11. The largest absolute Gasteiger partial charge is 0.495 e. The van der Waals surface area contributed by atoms with Crippen molar-refractivity contribution in [2.45, 2.75) is 30.4 Å². The highest BCUT2D eigenvalue weighted by Gasteiger charge is 2.34. The Morgan fingerprint density at radius 2 is 1.86 bits per heavy atom. The minimum atomic E-state index is -3.71. The number of hydrogen-bond donors (Lipinski definition) is 1. The average Bonchev–Trinajstić information content (AvgIpc) is 2.62. The molecule has 0 bridgehead atoms. The number of fused-ring (bicyclic) bond motifs is 1. The van der Waals surface area contributed by atoms with E-state index in [0.717, 1.165) is 0 Å². The van der Waals surface area contributed by atoms with E-state index in [4.69, 9.17) is 16.3 Å². The van der Waals surface area contributed by atoms with Crippen LogP contribution in [-0.2, 0) is 9.84 Å². The Morgan fingerprint density at radius 1 is 1.14 bits per heavy atom. The number of benzene rings is 2. The van der Waals surface area contributed by atoms with Crippen LogP contribution in [0.5, 0.6) is 5.75 Å². The van der Waals surface area contributed by atoms with E-state index in [9.17, 15) is 12.8 Å². The van der Waals surface area contributed by atoms with E-state index >= 15 is 0 Å². The van der Waals surface area contributed by atoms with Crippen molar-refractivity contribution in [3.05, 3.63) is 47.5 Å². The Balaban J connectivity index is 2.22. The first-order valence-corrected chi connectivity index (χ1v) is 10.2. The zero-order chi connectivity index (χ0) is 20.7. The van der Waals surface area contributed by atoms with Gasteiger partial charge in [0.1, 0.15) is 28.6 Å². The Morgan fingerprint density at radius 3 is 2.46 bits per heavy atom. The highest BCUT2D eigenvalue weighted by atomic mass is 35.5. The van der Waals surface area contributed by atoms with Gasteiger partial charge in [-0.15, -0.1) is 0 Å². The van der Waals surface area contributed by atoms with Crippen LogP contribution >= 0.6 is 11.6 Å². The number of halogens is 2. The third kappa shape index (κ3) is 3.62. The fraction of sp³-hybridized carbons (Fsp3) is 0.263. The molecule has 148 valence electrons. The third-order valence-electron chi connectivity index (χ3n) is 4.20. The summed E-state index contributed by atoms with van der Waals surface area (Å²) in [5.41, 5.74) is 0.608. The van der Waals surface area contributed by atoms with Gasteiger partial charge in [-0.3, -0.25) is 0 Å². The molecule has 2 aromatic carbocycles. The summed E-state index contributed by atoms with van der Waals surface area (Å²) < 4.78 is 44.5. The fourth-order valence-corrected chi connectivity index (χ4v) is 4.08. The average molecular weight is 424 g/mol. The standard InChI is InChI=1S/C19H19ClFN3O3S/c1-19(2,3)28(25,26)17-8-12-15(9-16(17)27-4)22-10-23-18(12)24-14-6-5-11(20)7-13(14)21/h5-10H,1-4H3,(H,22,23,24). The van der Waals surface area contributed by atoms with Crippen LogP contribution in [0.2, 0.25) is 5.02 Å². The second-order valence-corrected chi connectivity index (χ2v) is 10.2. The fourth-order valence-electron chi connectivity index (χ4n) is 2.58. The van der Waals surface area contributed by atoms with E-state index in [1.807, 2.05) is 0 Å². The summed E-state index contributed by atoms with van der Waals surface area (Å²) in [5.74, 6) is -0.112. The maximum absolute atomic E-state index is 14.2. The molecular weight excluding hydrogens is 405 g/mol. The van der Waals surface area contributed by atoms with Crippen molar-refractivity contribution in [1.29, 1.82) is 0 Å². The normalized spacial score (nSPS) is 12.2. The van der Waals surface area contributed by atoms with E-state index in [1.165, 1.54) is 43.8 Å². The first-order valence-electron chi connectivity index (χ1n) is 8.34. The molecule has 0 amide bonds. The van der Waals surface area contributed by atoms with Gasteiger partial charge in [0, 0.05) is 16.5 Å². The lowest BCUT2D eigenvalue weighted by Crippen LogP contribution is -2.28.